The number of rotatable bonds is 8. The maximum Gasteiger partial charge on any atom is 0.265 e. The fourth-order valence-corrected chi connectivity index (χ4v) is 3.56. The van der Waals surface area contributed by atoms with E-state index < -0.39 is 0 Å². The molecule has 0 aliphatic carbocycles. The van der Waals surface area contributed by atoms with Gasteiger partial charge in [-0.15, -0.1) is 0 Å². The van der Waals surface area contributed by atoms with E-state index in [-0.39, 0.29) is 29.6 Å². The summed E-state index contributed by atoms with van der Waals surface area (Å²) in [5.41, 5.74) is 5.86. The van der Waals surface area contributed by atoms with Gasteiger partial charge in [0.15, 0.2) is 5.13 Å². The number of nitrogens with zero attached hydrogens (tertiary/aromatic N) is 2. The molecule has 2 unspecified atom stereocenters. The largest absolute Gasteiger partial charge is 0.395 e. The average molecular weight is 332 g/mol. The number of carbonyl (C=O) groups is 1. The standard InChI is InChI=1S/C13H24N4O2S2/c1-5-17(6-2)13-16-11(14)10(21-13)12(19)15-8(3)9(7-18)20-4/h8-9,18H,5-7,14H2,1-4H3,(H,15,19). The second-order valence-electron chi connectivity index (χ2n) is 4.60. The number of thioether (sulfide) groups is 1. The van der Waals surface area contributed by atoms with Crippen molar-refractivity contribution >= 4 is 40.0 Å². The van der Waals surface area contributed by atoms with E-state index in [1.54, 1.807) is 0 Å². The highest BCUT2D eigenvalue weighted by Crippen LogP contribution is 2.28. The molecular weight excluding hydrogens is 308 g/mol. The van der Waals surface area contributed by atoms with Gasteiger partial charge in [-0.3, -0.25) is 4.79 Å². The fraction of sp³-hybridized carbons (Fsp3) is 0.692. The Kier molecular flexibility index (Phi) is 7.27. The molecule has 2 atom stereocenters. The lowest BCUT2D eigenvalue weighted by molar-refractivity contribution is 0.0940. The molecule has 0 aliphatic heterocycles. The van der Waals surface area contributed by atoms with Gasteiger partial charge in [0.1, 0.15) is 10.7 Å². The van der Waals surface area contributed by atoms with E-state index in [0.717, 1.165) is 18.2 Å². The zero-order valence-corrected chi connectivity index (χ0v) is 14.6. The summed E-state index contributed by atoms with van der Waals surface area (Å²) in [5.74, 6) is 0.0275. The smallest absolute Gasteiger partial charge is 0.265 e. The quantitative estimate of drug-likeness (QED) is 0.667. The van der Waals surface area contributed by atoms with Gasteiger partial charge < -0.3 is 21.1 Å². The van der Waals surface area contributed by atoms with Crippen LogP contribution in [0.5, 0.6) is 0 Å². The molecule has 0 fully saturated rings. The molecule has 0 saturated carbocycles. The lowest BCUT2D eigenvalue weighted by Gasteiger charge is -2.20. The van der Waals surface area contributed by atoms with Gasteiger partial charge in [0, 0.05) is 24.4 Å². The molecular formula is C13H24N4O2S2. The molecule has 21 heavy (non-hydrogen) atoms. The van der Waals surface area contributed by atoms with E-state index in [9.17, 15) is 9.90 Å². The second-order valence-corrected chi connectivity index (χ2v) is 6.66. The number of nitrogens with one attached hydrogen (secondary N) is 1. The first-order valence-electron chi connectivity index (χ1n) is 6.94. The zero-order valence-electron chi connectivity index (χ0n) is 12.9. The van der Waals surface area contributed by atoms with Gasteiger partial charge >= 0.3 is 0 Å². The number of hydrogen-bond donors (Lipinski definition) is 3. The fourth-order valence-electron chi connectivity index (χ4n) is 1.91. The highest BCUT2D eigenvalue weighted by atomic mass is 32.2. The third-order valence-electron chi connectivity index (χ3n) is 3.28. The number of thiazole rings is 1. The Morgan fingerprint density at radius 2 is 2.14 bits per heavy atom. The molecule has 0 aliphatic rings. The summed E-state index contributed by atoms with van der Waals surface area (Å²) < 4.78 is 0. The maximum atomic E-state index is 12.3. The highest BCUT2D eigenvalue weighted by Gasteiger charge is 2.22. The van der Waals surface area contributed by atoms with Crippen LogP contribution in [-0.2, 0) is 0 Å². The number of aliphatic hydroxyl groups is 1. The maximum absolute atomic E-state index is 12.3. The molecule has 0 aromatic carbocycles. The van der Waals surface area contributed by atoms with E-state index in [4.69, 9.17) is 5.73 Å². The summed E-state index contributed by atoms with van der Waals surface area (Å²) in [6.45, 7) is 7.60. The third kappa shape index (κ3) is 4.49. The first-order valence-corrected chi connectivity index (χ1v) is 9.04. The van der Waals surface area contributed by atoms with Gasteiger partial charge in [-0.2, -0.15) is 11.8 Å². The normalized spacial score (nSPS) is 13.8. The molecule has 1 aromatic rings. The lowest BCUT2D eigenvalue weighted by atomic mass is 10.2. The zero-order chi connectivity index (χ0) is 16.0. The van der Waals surface area contributed by atoms with Gasteiger partial charge in [0.2, 0.25) is 0 Å². The summed E-state index contributed by atoms with van der Waals surface area (Å²) in [6, 6.07) is -0.143. The Bertz CT molecular complexity index is 459. The first kappa shape index (κ1) is 18.1. The van der Waals surface area contributed by atoms with Crippen molar-refractivity contribution < 1.29 is 9.90 Å². The van der Waals surface area contributed by atoms with Crippen molar-refractivity contribution in [2.45, 2.75) is 32.1 Å². The van der Waals surface area contributed by atoms with Crippen molar-refractivity contribution in [2.75, 3.05) is 36.6 Å². The third-order valence-corrected chi connectivity index (χ3v) is 5.57. The first-order chi connectivity index (χ1) is 9.98. The van der Waals surface area contributed by atoms with Crippen molar-refractivity contribution in [1.82, 2.24) is 10.3 Å². The van der Waals surface area contributed by atoms with Crippen LogP contribution in [0.3, 0.4) is 0 Å². The predicted molar refractivity (Wildman–Crippen MR) is 91.4 cm³/mol. The van der Waals surface area contributed by atoms with Crippen molar-refractivity contribution in [3.8, 4) is 0 Å². The number of amides is 1. The molecule has 120 valence electrons. The molecule has 8 heteroatoms. The monoisotopic (exact) mass is 332 g/mol. The molecule has 0 bridgehead atoms. The highest BCUT2D eigenvalue weighted by molar-refractivity contribution is 7.99. The molecule has 1 amide bonds. The molecule has 1 heterocycles. The minimum absolute atomic E-state index is 0.0193. The van der Waals surface area contributed by atoms with Crippen LogP contribution in [0.15, 0.2) is 0 Å². The second kappa shape index (κ2) is 8.45. The van der Waals surface area contributed by atoms with Crippen LogP contribution >= 0.6 is 23.1 Å². The number of carbonyl (C=O) groups excluding carboxylic acids is 1. The van der Waals surface area contributed by atoms with Crippen molar-refractivity contribution in [3.63, 3.8) is 0 Å². The number of anilines is 2. The Morgan fingerprint density at radius 1 is 1.52 bits per heavy atom. The minimum Gasteiger partial charge on any atom is -0.395 e. The van der Waals surface area contributed by atoms with Crippen LogP contribution in [0, 0.1) is 0 Å². The average Bonchev–Trinajstić information content (AvgIpc) is 2.83. The topological polar surface area (TPSA) is 91.5 Å². The predicted octanol–water partition coefficient (Wildman–Crippen LogP) is 1.41. The number of nitrogens with two attached hydrogens (primary N) is 1. The van der Waals surface area contributed by atoms with E-state index >= 15 is 0 Å². The molecule has 4 N–H and O–H groups in total. The van der Waals surface area contributed by atoms with Crippen LogP contribution in [0.4, 0.5) is 10.9 Å². The Balaban J connectivity index is 2.83. The molecule has 0 radical (unpaired) electrons. The summed E-state index contributed by atoms with van der Waals surface area (Å²) in [5, 5.41) is 12.9. The van der Waals surface area contributed by atoms with Crippen molar-refractivity contribution in [2.24, 2.45) is 0 Å². The van der Waals surface area contributed by atoms with Crippen LogP contribution in [-0.4, -0.2) is 53.2 Å². The number of aromatic nitrogens is 1. The van der Waals surface area contributed by atoms with Gasteiger partial charge in [-0.25, -0.2) is 4.98 Å². The van der Waals surface area contributed by atoms with E-state index in [0.29, 0.717) is 4.88 Å². The van der Waals surface area contributed by atoms with Crippen LogP contribution in [0.25, 0.3) is 0 Å². The number of aliphatic hydroxyl groups excluding tert-OH is 1. The van der Waals surface area contributed by atoms with Gasteiger partial charge in [0.25, 0.3) is 5.91 Å². The molecule has 0 saturated heterocycles. The number of nitrogen functional groups attached to an aromatic ring is 1. The van der Waals surface area contributed by atoms with Crippen molar-refractivity contribution in [1.29, 1.82) is 0 Å². The van der Waals surface area contributed by atoms with E-state index in [1.807, 2.05) is 27.0 Å². The summed E-state index contributed by atoms with van der Waals surface area (Å²) in [4.78, 5) is 19.1. The Hall–Kier alpha value is -0.990. The van der Waals surface area contributed by atoms with E-state index in [1.165, 1.54) is 23.1 Å². The molecule has 6 nitrogen and oxygen atoms in total. The van der Waals surface area contributed by atoms with Crippen LogP contribution < -0.4 is 16.0 Å². The van der Waals surface area contributed by atoms with Gasteiger partial charge in [-0.1, -0.05) is 11.3 Å². The van der Waals surface area contributed by atoms with Gasteiger partial charge in [-0.05, 0) is 27.0 Å². The van der Waals surface area contributed by atoms with Crippen LogP contribution in [0.2, 0.25) is 0 Å². The van der Waals surface area contributed by atoms with E-state index in [2.05, 4.69) is 15.2 Å². The summed E-state index contributed by atoms with van der Waals surface area (Å²) in [7, 11) is 0. The Labute approximate surface area is 134 Å². The molecule has 1 aromatic heterocycles. The molecule has 0 spiro atoms. The number of hydrogen-bond acceptors (Lipinski definition) is 7. The van der Waals surface area contributed by atoms with Gasteiger partial charge in [0.05, 0.1) is 6.61 Å². The minimum atomic E-state index is -0.233. The summed E-state index contributed by atoms with van der Waals surface area (Å²) >= 11 is 2.82. The summed E-state index contributed by atoms with van der Waals surface area (Å²) in [6.07, 6.45) is 1.91. The lowest BCUT2D eigenvalue weighted by Crippen LogP contribution is -2.41. The van der Waals surface area contributed by atoms with Crippen LogP contribution in [0.1, 0.15) is 30.4 Å². The Morgan fingerprint density at radius 3 is 2.62 bits per heavy atom. The van der Waals surface area contributed by atoms with Crippen molar-refractivity contribution in [3.05, 3.63) is 4.88 Å². The molecule has 1 rings (SSSR count). The SMILES string of the molecule is CCN(CC)c1nc(N)c(C(=O)NC(C)C(CO)SC)s1.